The molecule has 2 aromatic rings. The molecule has 6 nitrogen and oxygen atoms in total. The fourth-order valence-electron chi connectivity index (χ4n) is 3.14. The monoisotopic (exact) mass is 478 g/mol. The number of thiocarbonyl (C=S) groups is 1. The molecule has 1 aromatic carbocycles. The largest absolute Gasteiger partial charge is 0.496 e. The number of hydrogen-bond acceptors (Lipinski definition) is 6. The number of alkyl halides is 2. The molecule has 1 aromatic heterocycles. The van der Waals surface area contributed by atoms with E-state index in [1.165, 1.54) is 17.8 Å². The quantitative estimate of drug-likeness (QED) is 0.238. The van der Waals surface area contributed by atoms with Crippen LogP contribution in [0, 0.1) is 6.92 Å². The first-order valence-electron chi connectivity index (χ1n) is 10.1. The van der Waals surface area contributed by atoms with Crippen LogP contribution < -0.4 is 10.1 Å². The number of benzene rings is 1. The minimum Gasteiger partial charge on any atom is -0.496 e. The number of carbonyl (C=O) groups excluding carboxylic acids is 1. The van der Waals surface area contributed by atoms with Gasteiger partial charge in [-0.05, 0) is 55.4 Å². The van der Waals surface area contributed by atoms with Crippen molar-refractivity contribution < 1.29 is 18.3 Å². The highest BCUT2D eigenvalue weighted by Crippen LogP contribution is 2.29. The Morgan fingerprint density at radius 2 is 2.09 bits per heavy atom. The highest BCUT2D eigenvalue weighted by molar-refractivity contribution is 7.98. The highest BCUT2D eigenvalue weighted by Gasteiger charge is 2.29. The SMILES string of the molecule is CCCCN1C(=O)/C(=C\c2ccc(OC)c(CSc3nc(C)cc(C(F)F)n3)c2)NC1=S. The number of rotatable bonds is 9. The molecular weight excluding hydrogens is 454 g/mol. The van der Waals surface area contributed by atoms with Gasteiger partial charge in [0, 0.05) is 23.6 Å². The van der Waals surface area contributed by atoms with E-state index in [1.54, 1.807) is 31.1 Å². The lowest BCUT2D eigenvalue weighted by molar-refractivity contribution is -0.122. The maximum Gasteiger partial charge on any atom is 0.280 e. The van der Waals surface area contributed by atoms with Crippen molar-refractivity contribution >= 4 is 41.1 Å². The molecule has 1 amide bonds. The second-order valence-electron chi connectivity index (χ2n) is 7.18. The third kappa shape index (κ3) is 5.80. The van der Waals surface area contributed by atoms with Gasteiger partial charge in [-0.15, -0.1) is 0 Å². The number of methoxy groups -OCH3 is 1. The molecule has 1 N–H and O–H groups in total. The Labute approximate surface area is 195 Å². The summed E-state index contributed by atoms with van der Waals surface area (Å²) in [5.74, 6) is 0.907. The maximum absolute atomic E-state index is 13.0. The van der Waals surface area contributed by atoms with E-state index in [9.17, 15) is 13.6 Å². The summed E-state index contributed by atoms with van der Waals surface area (Å²) in [7, 11) is 1.56. The summed E-state index contributed by atoms with van der Waals surface area (Å²) in [6, 6.07) is 6.80. The van der Waals surface area contributed by atoms with Crippen molar-refractivity contribution in [1.29, 1.82) is 0 Å². The van der Waals surface area contributed by atoms with Crippen LogP contribution in [0.5, 0.6) is 5.75 Å². The molecule has 1 saturated heterocycles. The number of carbonyl (C=O) groups is 1. The summed E-state index contributed by atoms with van der Waals surface area (Å²) in [5.41, 5.74) is 2.22. The highest BCUT2D eigenvalue weighted by atomic mass is 32.2. The van der Waals surface area contributed by atoms with Crippen LogP contribution in [0.2, 0.25) is 0 Å². The van der Waals surface area contributed by atoms with Gasteiger partial charge in [0.1, 0.15) is 17.1 Å². The molecule has 170 valence electrons. The Morgan fingerprint density at radius 3 is 2.78 bits per heavy atom. The lowest BCUT2D eigenvalue weighted by atomic mass is 10.1. The van der Waals surface area contributed by atoms with E-state index in [0.29, 0.717) is 34.6 Å². The van der Waals surface area contributed by atoms with Gasteiger partial charge in [-0.25, -0.2) is 18.7 Å². The molecule has 0 atom stereocenters. The van der Waals surface area contributed by atoms with Gasteiger partial charge in [-0.1, -0.05) is 31.2 Å². The molecule has 0 spiro atoms. The topological polar surface area (TPSA) is 67.4 Å². The summed E-state index contributed by atoms with van der Waals surface area (Å²) in [4.78, 5) is 22.4. The van der Waals surface area contributed by atoms with Gasteiger partial charge in [0.05, 0.1) is 7.11 Å². The van der Waals surface area contributed by atoms with Crippen LogP contribution in [0.25, 0.3) is 6.08 Å². The molecule has 1 aliphatic heterocycles. The summed E-state index contributed by atoms with van der Waals surface area (Å²) in [5, 5.41) is 3.66. The van der Waals surface area contributed by atoms with Crippen LogP contribution in [-0.2, 0) is 10.5 Å². The van der Waals surface area contributed by atoms with E-state index in [2.05, 4.69) is 22.2 Å². The van der Waals surface area contributed by atoms with E-state index in [4.69, 9.17) is 17.0 Å². The van der Waals surface area contributed by atoms with Crippen molar-refractivity contribution in [3.63, 3.8) is 0 Å². The molecule has 32 heavy (non-hydrogen) atoms. The van der Waals surface area contributed by atoms with Gasteiger partial charge in [0.25, 0.3) is 12.3 Å². The Hall–Kier alpha value is -2.59. The zero-order valence-corrected chi connectivity index (χ0v) is 19.7. The molecule has 0 aliphatic carbocycles. The van der Waals surface area contributed by atoms with E-state index >= 15 is 0 Å². The fraction of sp³-hybridized carbons (Fsp3) is 0.364. The second kappa shape index (κ2) is 10.8. The molecule has 1 aliphatic rings. The number of hydrogen-bond donors (Lipinski definition) is 1. The number of thioether (sulfide) groups is 1. The summed E-state index contributed by atoms with van der Waals surface area (Å²) in [6.45, 7) is 4.30. The first-order valence-corrected chi connectivity index (χ1v) is 11.5. The third-order valence-electron chi connectivity index (χ3n) is 4.75. The maximum atomic E-state index is 13.0. The van der Waals surface area contributed by atoms with Gasteiger partial charge in [-0.2, -0.15) is 0 Å². The summed E-state index contributed by atoms with van der Waals surface area (Å²) in [6.07, 6.45) is 0.930. The number of unbranched alkanes of at least 4 members (excludes halogenated alkanes) is 1. The zero-order chi connectivity index (χ0) is 23.3. The van der Waals surface area contributed by atoms with Crippen molar-refractivity contribution in [2.24, 2.45) is 0 Å². The van der Waals surface area contributed by atoms with E-state index in [0.717, 1.165) is 24.0 Å². The molecule has 1 fully saturated rings. The Bertz CT molecular complexity index is 1050. The fourth-order valence-corrected chi connectivity index (χ4v) is 4.32. The number of nitrogens with one attached hydrogen (secondary N) is 1. The molecule has 3 rings (SSSR count). The molecule has 0 bridgehead atoms. The number of amides is 1. The van der Waals surface area contributed by atoms with Gasteiger partial charge in [-0.3, -0.25) is 9.69 Å². The van der Waals surface area contributed by atoms with E-state index in [-0.39, 0.29) is 16.8 Å². The minimum absolute atomic E-state index is 0.150. The minimum atomic E-state index is -2.65. The Kier molecular flexibility index (Phi) is 8.14. The molecular formula is C22H24F2N4O2S2. The van der Waals surface area contributed by atoms with Crippen LogP contribution in [0.1, 0.15) is 48.7 Å². The molecule has 10 heteroatoms. The number of nitrogens with zero attached hydrogens (tertiary/aromatic N) is 3. The van der Waals surface area contributed by atoms with Crippen molar-refractivity contribution in [3.05, 3.63) is 52.5 Å². The van der Waals surface area contributed by atoms with Crippen LogP contribution in [0.15, 0.2) is 35.1 Å². The van der Waals surface area contributed by atoms with Crippen LogP contribution in [0.4, 0.5) is 8.78 Å². The van der Waals surface area contributed by atoms with Gasteiger partial charge in [0.15, 0.2) is 10.3 Å². The second-order valence-corrected chi connectivity index (χ2v) is 8.51. The molecule has 2 heterocycles. The third-order valence-corrected chi connectivity index (χ3v) is 5.97. The Morgan fingerprint density at radius 1 is 1.31 bits per heavy atom. The van der Waals surface area contributed by atoms with E-state index < -0.39 is 6.43 Å². The van der Waals surface area contributed by atoms with Crippen LogP contribution in [-0.4, -0.2) is 39.5 Å². The molecule has 0 saturated carbocycles. The average Bonchev–Trinajstić information content (AvgIpc) is 3.02. The van der Waals surface area contributed by atoms with Crippen LogP contribution >= 0.6 is 24.0 Å². The first-order chi connectivity index (χ1) is 15.3. The number of halogens is 2. The number of aryl methyl sites for hydroxylation is 1. The Balaban J connectivity index is 1.80. The average molecular weight is 479 g/mol. The lowest BCUT2D eigenvalue weighted by Crippen LogP contribution is -2.31. The van der Waals surface area contributed by atoms with Gasteiger partial charge >= 0.3 is 0 Å². The molecule has 0 unspecified atom stereocenters. The first kappa shape index (κ1) is 24.1. The normalized spacial score (nSPS) is 15.1. The van der Waals surface area contributed by atoms with Crippen LogP contribution in [0.3, 0.4) is 0 Å². The zero-order valence-electron chi connectivity index (χ0n) is 18.0. The predicted octanol–water partition coefficient (Wildman–Crippen LogP) is 4.88. The van der Waals surface area contributed by atoms with Gasteiger partial charge < -0.3 is 10.1 Å². The summed E-state index contributed by atoms with van der Waals surface area (Å²) < 4.78 is 31.5. The van der Waals surface area contributed by atoms with E-state index in [1.807, 2.05) is 12.1 Å². The summed E-state index contributed by atoms with van der Waals surface area (Å²) >= 11 is 6.53. The van der Waals surface area contributed by atoms with Crippen molar-refractivity contribution in [1.82, 2.24) is 20.2 Å². The molecule has 0 radical (unpaired) electrons. The number of aromatic nitrogens is 2. The number of ether oxygens (including phenoxy) is 1. The standard InChI is InChI=1S/C22H24F2N4O2S2/c1-4-5-8-28-20(29)17(27-22(28)31)11-14-6-7-18(30-3)15(10-14)12-32-21-25-13(2)9-16(26-21)19(23)24/h6-7,9-11,19H,4-5,8,12H2,1-3H3,(H,27,31)/b17-11+. The smallest absolute Gasteiger partial charge is 0.280 e. The van der Waals surface area contributed by atoms with Crippen molar-refractivity contribution in [3.8, 4) is 5.75 Å². The van der Waals surface area contributed by atoms with Crippen molar-refractivity contribution in [2.75, 3.05) is 13.7 Å². The predicted molar refractivity (Wildman–Crippen MR) is 125 cm³/mol. The van der Waals surface area contributed by atoms with Crippen molar-refractivity contribution in [2.45, 2.75) is 44.0 Å². The van der Waals surface area contributed by atoms with Gasteiger partial charge in [0.2, 0.25) is 0 Å². The lowest BCUT2D eigenvalue weighted by Gasteiger charge is -2.12.